The van der Waals surface area contributed by atoms with Gasteiger partial charge in [0.2, 0.25) is 5.91 Å². The zero-order valence-corrected chi connectivity index (χ0v) is 18.9. The van der Waals surface area contributed by atoms with E-state index >= 15 is 0 Å². The van der Waals surface area contributed by atoms with Gasteiger partial charge in [0, 0.05) is 36.0 Å². The molecule has 1 saturated heterocycles. The number of piperazine rings is 1. The van der Waals surface area contributed by atoms with Crippen LogP contribution < -0.4 is 15.1 Å². The van der Waals surface area contributed by atoms with E-state index in [2.05, 4.69) is 15.1 Å². The minimum Gasteiger partial charge on any atom is -0.467 e. The van der Waals surface area contributed by atoms with Crippen LogP contribution in [0.25, 0.3) is 0 Å². The zero-order chi connectivity index (χ0) is 23.9. The first-order valence-corrected chi connectivity index (χ1v) is 11.4. The molecule has 34 heavy (non-hydrogen) atoms. The van der Waals surface area contributed by atoms with Crippen LogP contribution in [-0.4, -0.2) is 31.6 Å². The molecule has 2 aliphatic rings. The molecule has 2 unspecified atom stereocenters. The fourth-order valence-corrected chi connectivity index (χ4v) is 5.11. The quantitative estimate of drug-likeness (QED) is 0.551. The number of nitrogens with zero attached hydrogens (tertiary/aromatic N) is 2. The molecule has 0 bridgehead atoms. The van der Waals surface area contributed by atoms with Crippen molar-refractivity contribution in [2.75, 3.05) is 29.4 Å². The second kappa shape index (κ2) is 8.91. The Hall–Kier alpha value is -3.13. The largest absolute Gasteiger partial charge is 0.467 e. The van der Waals surface area contributed by atoms with Crippen molar-refractivity contribution < 1.29 is 22.4 Å². The minimum atomic E-state index is -4.44. The summed E-state index contributed by atoms with van der Waals surface area (Å²) in [5.41, 5.74) is 1.57. The highest BCUT2D eigenvalue weighted by Gasteiger charge is 2.42. The Morgan fingerprint density at radius 2 is 1.97 bits per heavy atom. The number of hydrogen-bond donors (Lipinski definition) is 1. The molecule has 1 amide bonds. The van der Waals surface area contributed by atoms with Gasteiger partial charge in [-0.3, -0.25) is 4.79 Å². The zero-order valence-electron chi connectivity index (χ0n) is 18.2. The number of halogens is 4. The molecule has 1 aromatic heterocycles. The van der Waals surface area contributed by atoms with Crippen LogP contribution in [0.2, 0.25) is 5.02 Å². The van der Waals surface area contributed by atoms with Crippen LogP contribution in [-0.2, 0) is 23.9 Å². The Morgan fingerprint density at radius 1 is 1.12 bits per heavy atom. The molecule has 3 heterocycles. The monoisotopic (exact) mass is 489 g/mol. The third kappa shape index (κ3) is 4.46. The molecular weight excluding hydrogens is 467 g/mol. The molecule has 3 aromatic rings. The number of rotatable bonds is 4. The number of benzene rings is 2. The maximum atomic E-state index is 13.4. The fraction of sp³-hybridized carbons (Fsp3) is 0.320. The van der Waals surface area contributed by atoms with Crippen molar-refractivity contribution in [1.82, 2.24) is 5.32 Å². The van der Waals surface area contributed by atoms with E-state index in [0.717, 1.165) is 17.4 Å². The fourth-order valence-electron chi connectivity index (χ4n) is 4.93. The summed E-state index contributed by atoms with van der Waals surface area (Å²) >= 11 is 6.19. The Balaban J connectivity index is 1.45. The number of hydrogen-bond acceptors (Lipinski definition) is 4. The molecule has 5 nitrogen and oxygen atoms in total. The summed E-state index contributed by atoms with van der Waals surface area (Å²) in [6.07, 6.45) is -2.68. The number of amides is 1. The summed E-state index contributed by atoms with van der Waals surface area (Å²) in [4.78, 5) is 17.6. The van der Waals surface area contributed by atoms with Crippen LogP contribution in [0.3, 0.4) is 0 Å². The lowest BCUT2D eigenvalue weighted by Crippen LogP contribution is -2.61. The Kier molecular flexibility index (Phi) is 5.93. The van der Waals surface area contributed by atoms with Gasteiger partial charge in [-0.15, -0.1) is 0 Å². The minimum absolute atomic E-state index is 0.200. The van der Waals surface area contributed by atoms with Crippen molar-refractivity contribution in [3.05, 3.63) is 82.8 Å². The molecule has 9 heteroatoms. The molecule has 178 valence electrons. The molecule has 0 radical (unpaired) electrons. The van der Waals surface area contributed by atoms with Crippen LogP contribution >= 0.6 is 11.6 Å². The number of carbonyl (C=O) groups excluding carboxylic acids is 1. The average Bonchev–Trinajstić information content (AvgIpc) is 3.34. The van der Waals surface area contributed by atoms with Gasteiger partial charge in [0.05, 0.1) is 30.3 Å². The predicted octanol–water partition coefficient (Wildman–Crippen LogP) is 5.14. The summed E-state index contributed by atoms with van der Waals surface area (Å²) in [5.74, 6) is -0.111. The van der Waals surface area contributed by atoms with Crippen molar-refractivity contribution in [3.8, 4) is 0 Å². The van der Waals surface area contributed by atoms with Crippen LogP contribution in [0.1, 0.15) is 16.9 Å². The number of fused-ring (bicyclic) bond motifs is 3. The second-order valence-corrected chi connectivity index (χ2v) is 9.07. The number of anilines is 2. The van der Waals surface area contributed by atoms with Crippen LogP contribution in [0, 0.1) is 5.92 Å². The van der Waals surface area contributed by atoms with Crippen molar-refractivity contribution in [2.45, 2.75) is 25.2 Å². The van der Waals surface area contributed by atoms with E-state index < -0.39 is 17.7 Å². The lowest BCUT2D eigenvalue weighted by atomic mass is 9.82. The van der Waals surface area contributed by atoms with E-state index in [0.29, 0.717) is 36.0 Å². The van der Waals surface area contributed by atoms with Crippen molar-refractivity contribution in [2.24, 2.45) is 5.92 Å². The summed E-state index contributed by atoms with van der Waals surface area (Å²) < 4.78 is 45.4. The first-order valence-electron chi connectivity index (χ1n) is 11.1. The van der Waals surface area contributed by atoms with Crippen molar-refractivity contribution in [3.63, 3.8) is 0 Å². The van der Waals surface area contributed by atoms with Crippen LogP contribution in [0.4, 0.5) is 24.5 Å². The number of carbonyl (C=O) groups is 1. The lowest BCUT2D eigenvalue weighted by molar-refractivity contribution is -0.137. The molecule has 0 aliphatic carbocycles. The van der Waals surface area contributed by atoms with E-state index in [1.807, 2.05) is 18.2 Å². The molecule has 5 rings (SSSR count). The molecule has 2 aliphatic heterocycles. The molecule has 2 aromatic carbocycles. The third-order valence-corrected chi connectivity index (χ3v) is 6.80. The number of nitrogens with one attached hydrogen (secondary N) is 1. The highest BCUT2D eigenvalue weighted by molar-refractivity contribution is 6.30. The van der Waals surface area contributed by atoms with Gasteiger partial charge in [-0.2, -0.15) is 13.2 Å². The van der Waals surface area contributed by atoms with Gasteiger partial charge < -0.3 is 19.5 Å². The summed E-state index contributed by atoms with van der Waals surface area (Å²) in [6, 6.07) is 14.7. The average molecular weight is 490 g/mol. The molecule has 1 fully saturated rings. The van der Waals surface area contributed by atoms with E-state index in [1.165, 1.54) is 18.4 Å². The molecule has 2 atom stereocenters. The van der Waals surface area contributed by atoms with E-state index in [1.54, 1.807) is 18.2 Å². The maximum absolute atomic E-state index is 13.4. The van der Waals surface area contributed by atoms with Crippen molar-refractivity contribution >= 4 is 28.9 Å². The molecule has 1 N–H and O–H groups in total. The molecule has 0 saturated carbocycles. The SMILES string of the molecule is O=C(NCc1ccco1)C1Cc2cc(C(F)(F)F)ccc2N2CCN(c3cccc(Cl)c3)CC12. The van der Waals surface area contributed by atoms with Crippen LogP contribution in [0.15, 0.2) is 65.3 Å². The maximum Gasteiger partial charge on any atom is 0.416 e. The first kappa shape index (κ1) is 22.7. The topological polar surface area (TPSA) is 48.7 Å². The van der Waals surface area contributed by atoms with Crippen molar-refractivity contribution in [1.29, 1.82) is 0 Å². The summed E-state index contributed by atoms with van der Waals surface area (Å²) in [5, 5.41) is 3.53. The molecule has 0 spiro atoms. The van der Waals surface area contributed by atoms with Crippen LogP contribution in [0.5, 0.6) is 0 Å². The standard InChI is InChI=1S/C25H23ClF3N3O2/c26-18-3-1-4-19(13-18)31-8-9-32-22-7-6-17(25(27,28)29)11-16(22)12-21(23(32)15-31)24(33)30-14-20-5-2-10-34-20/h1-7,10-11,13,21,23H,8-9,12,14-15H2,(H,30,33). The van der Waals surface area contributed by atoms with E-state index in [9.17, 15) is 18.0 Å². The smallest absolute Gasteiger partial charge is 0.416 e. The highest BCUT2D eigenvalue weighted by atomic mass is 35.5. The Morgan fingerprint density at radius 3 is 2.71 bits per heavy atom. The highest BCUT2D eigenvalue weighted by Crippen LogP contribution is 2.40. The van der Waals surface area contributed by atoms with Gasteiger partial charge in [0.15, 0.2) is 0 Å². The van der Waals surface area contributed by atoms with Gasteiger partial charge in [0.25, 0.3) is 0 Å². The Labute approximate surface area is 200 Å². The van der Waals surface area contributed by atoms with Gasteiger partial charge in [-0.1, -0.05) is 17.7 Å². The molecular formula is C25H23ClF3N3O2. The number of furan rings is 1. The van der Waals surface area contributed by atoms with Gasteiger partial charge in [0.1, 0.15) is 5.76 Å². The second-order valence-electron chi connectivity index (χ2n) is 8.64. The van der Waals surface area contributed by atoms with E-state index in [4.69, 9.17) is 16.0 Å². The third-order valence-electron chi connectivity index (χ3n) is 6.57. The lowest BCUT2D eigenvalue weighted by Gasteiger charge is -2.49. The number of alkyl halides is 3. The van der Waals surface area contributed by atoms with Gasteiger partial charge >= 0.3 is 6.18 Å². The summed E-state index contributed by atoms with van der Waals surface area (Å²) in [6.45, 7) is 2.03. The van der Waals surface area contributed by atoms with E-state index in [-0.39, 0.29) is 24.9 Å². The van der Waals surface area contributed by atoms with Gasteiger partial charge in [-0.05, 0) is 60.5 Å². The normalized spacial score (nSPS) is 20.0. The predicted molar refractivity (Wildman–Crippen MR) is 124 cm³/mol. The first-order chi connectivity index (χ1) is 16.3. The Bertz CT molecular complexity index is 1180. The summed E-state index contributed by atoms with van der Waals surface area (Å²) in [7, 11) is 0. The van der Waals surface area contributed by atoms with Gasteiger partial charge in [-0.25, -0.2) is 0 Å².